The Kier molecular flexibility index (Phi) is 3.70. The number of amides is 1. The van der Waals surface area contributed by atoms with Gasteiger partial charge in [0.25, 0.3) is 0 Å². The van der Waals surface area contributed by atoms with Crippen molar-refractivity contribution in [1.29, 1.82) is 0 Å². The topological polar surface area (TPSA) is 47.4 Å². The van der Waals surface area contributed by atoms with Gasteiger partial charge < -0.3 is 14.2 Å². The Bertz CT molecular complexity index is 626. The molecule has 0 saturated carbocycles. The van der Waals surface area contributed by atoms with Crippen LogP contribution in [0.5, 0.6) is 0 Å². The summed E-state index contributed by atoms with van der Waals surface area (Å²) in [6.45, 7) is 5.98. The fraction of sp³-hybridized carbons (Fsp3) is 0.467. The molecule has 0 N–H and O–H groups in total. The van der Waals surface area contributed by atoms with E-state index in [0.29, 0.717) is 6.54 Å². The molecule has 1 heterocycles. The van der Waals surface area contributed by atoms with Crippen LogP contribution in [0.3, 0.4) is 0 Å². The summed E-state index contributed by atoms with van der Waals surface area (Å²) in [6, 6.07) is 7.91. The van der Waals surface area contributed by atoms with E-state index in [1.807, 2.05) is 56.7 Å². The molecule has 108 valence electrons. The van der Waals surface area contributed by atoms with E-state index < -0.39 is 5.60 Å². The molecular formula is C15H21N3O2. The highest BCUT2D eigenvalue weighted by atomic mass is 16.6. The third kappa shape index (κ3) is 3.10. The molecule has 0 fully saturated rings. The zero-order valence-corrected chi connectivity index (χ0v) is 12.7. The molecule has 2 aromatic rings. The number of hydrogen-bond acceptors (Lipinski definition) is 3. The molecule has 0 aliphatic carbocycles. The number of para-hydroxylation sites is 2. The molecule has 0 unspecified atom stereocenters. The minimum atomic E-state index is -0.488. The SMILES string of the molecule is CN(Cc1nc2ccccc2n1C)C(=O)OC(C)(C)C. The summed E-state index contributed by atoms with van der Waals surface area (Å²) in [5, 5.41) is 0. The van der Waals surface area contributed by atoms with Crippen LogP contribution in [0.1, 0.15) is 26.6 Å². The summed E-state index contributed by atoms with van der Waals surface area (Å²) < 4.78 is 7.33. The van der Waals surface area contributed by atoms with Gasteiger partial charge in [-0.15, -0.1) is 0 Å². The average Bonchev–Trinajstić information content (AvgIpc) is 2.65. The van der Waals surface area contributed by atoms with Crippen molar-refractivity contribution < 1.29 is 9.53 Å². The molecule has 2 rings (SSSR count). The molecule has 1 aromatic carbocycles. The second-order valence-corrected chi connectivity index (χ2v) is 5.91. The molecule has 0 radical (unpaired) electrons. The van der Waals surface area contributed by atoms with E-state index in [1.165, 1.54) is 4.90 Å². The molecule has 1 amide bonds. The molecule has 20 heavy (non-hydrogen) atoms. The van der Waals surface area contributed by atoms with E-state index in [2.05, 4.69) is 4.98 Å². The fourth-order valence-electron chi connectivity index (χ4n) is 1.95. The van der Waals surface area contributed by atoms with Crippen LogP contribution < -0.4 is 0 Å². The lowest BCUT2D eigenvalue weighted by molar-refractivity contribution is 0.0280. The van der Waals surface area contributed by atoms with Gasteiger partial charge in [0.15, 0.2) is 0 Å². The summed E-state index contributed by atoms with van der Waals surface area (Å²) in [7, 11) is 3.67. The van der Waals surface area contributed by atoms with Crippen LogP contribution >= 0.6 is 0 Å². The number of fused-ring (bicyclic) bond motifs is 1. The largest absolute Gasteiger partial charge is 0.444 e. The fourth-order valence-corrected chi connectivity index (χ4v) is 1.95. The summed E-state index contributed by atoms with van der Waals surface area (Å²) >= 11 is 0. The van der Waals surface area contributed by atoms with Crippen LogP contribution in [0.25, 0.3) is 11.0 Å². The van der Waals surface area contributed by atoms with Crippen LogP contribution in [0.2, 0.25) is 0 Å². The van der Waals surface area contributed by atoms with Crippen LogP contribution in [0.15, 0.2) is 24.3 Å². The zero-order valence-electron chi connectivity index (χ0n) is 12.7. The molecule has 0 atom stereocenters. The summed E-state index contributed by atoms with van der Waals surface area (Å²) in [6.07, 6.45) is -0.343. The van der Waals surface area contributed by atoms with Crippen LogP contribution in [-0.4, -0.2) is 33.2 Å². The number of benzene rings is 1. The monoisotopic (exact) mass is 275 g/mol. The third-order valence-electron chi connectivity index (χ3n) is 2.96. The van der Waals surface area contributed by atoms with E-state index >= 15 is 0 Å². The van der Waals surface area contributed by atoms with E-state index in [4.69, 9.17) is 4.74 Å². The van der Waals surface area contributed by atoms with Gasteiger partial charge >= 0.3 is 6.09 Å². The number of imidazole rings is 1. The van der Waals surface area contributed by atoms with Crippen LogP contribution in [0.4, 0.5) is 4.79 Å². The lowest BCUT2D eigenvalue weighted by Gasteiger charge is -2.24. The van der Waals surface area contributed by atoms with Gasteiger partial charge in [0.2, 0.25) is 0 Å². The smallest absolute Gasteiger partial charge is 0.410 e. The number of aryl methyl sites for hydroxylation is 1. The molecule has 5 heteroatoms. The lowest BCUT2D eigenvalue weighted by atomic mass is 10.2. The molecule has 0 saturated heterocycles. The number of aromatic nitrogens is 2. The highest BCUT2D eigenvalue weighted by Crippen LogP contribution is 2.16. The minimum Gasteiger partial charge on any atom is -0.444 e. The maximum Gasteiger partial charge on any atom is 0.410 e. The van der Waals surface area contributed by atoms with Crippen LogP contribution in [0, 0.1) is 0 Å². The molecule has 0 spiro atoms. The second-order valence-electron chi connectivity index (χ2n) is 5.91. The van der Waals surface area contributed by atoms with Gasteiger partial charge in [-0.25, -0.2) is 9.78 Å². The predicted octanol–water partition coefficient (Wildman–Crippen LogP) is 2.94. The quantitative estimate of drug-likeness (QED) is 0.846. The summed E-state index contributed by atoms with van der Waals surface area (Å²) in [5.41, 5.74) is 1.50. The van der Waals surface area contributed by atoms with Gasteiger partial charge in [-0.05, 0) is 32.9 Å². The van der Waals surface area contributed by atoms with E-state index in [9.17, 15) is 4.79 Å². The zero-order chi connectivity index (χ0) is 14.9. The number of hydrogen-bond donors (Lipinski definition) is 0. The number of rotatable bonds is 2. The van der Waals surface area contributed by atoms with Gasteiger partial charge in [-0.2, -0.15) is 0 Å². The van der Waals surface area contributed by atoms with E-state index in [0.717, 1.165) is 16.9 Å². The van der Waals surface area contributed by atoms with E-state index in [1.54, 1.807) is 7.05 Å². The molecule has 5 nitrogen and oxygen atoms in total. The normalized spacial score (nSPS) is 11.7. The Morgan fingerprint density at radius 2 is 2.00 bits per heavy atom. The molecule has 0 aliphatic heterocycles. The highest BCUT2D eigenvalue weighted by Gasteiger charge is 2.21. The maximum atomic E-state index is 12.0. The van der Waals surface area contributed by atoms with Crippen molar-refractivity contribution in [2.24, 2.45) is 7.05 Å². The van der Waals surface area contributed by atoms with Gasteiger partial charge in [-0.1, -0.05) is 12.1 Å². The number of carbonyl (C=O) groups excluding carboxylic acids is 1. The Hall–Kier alpha value is -2.04. The number of carbonyl (C=O) groups is 1. The van der Waals surface area contributed by atoms with Gasteiger partial charge in [0.1, 0.15) is 11.4 Å². The summed E-state index contributed by atoms with van der Waals surface area (Å²) in [4.78, 5) is 18.0. The van der Waals surface area contributed by atoms with Crippen molar-refractivity contribution in [3.05, 3.63) is 30.1 Å². The minimum absolute atomic E-state index is 0.343. The molecule has 1 aromatic heterocycles. The molecular weight excluding hydrogens is 254 g/mol. The summed E-state index contributed by atoms with van der Waals surface area (Å²) in [5.74, 6) is 0.833. The first kappa shape index (κ1) is 14.4. The van der Waals surface area contributed by atoms with Crippen molar-refractivity contribution in [3.8, 4) is 0 Å². The van der Waals surface area contributed by atoms with Crippen LogP contribution in [-0.2, 0) is 18.3 Å². The first-order chi connectivity index (χ1) is 9.28. The maximum absolute atomic E-state index is 12.0. The first-order valence-corrected chi connectivity index (χ1v) is 6.62. The van der Waals surface area contributed by atoms with Crippen molar-refractivity contribution in [2.45, 2.75) is 32.9 Å². The Morgan fingerprint density at radius 3 is 2.60 bits per heavy atom. The van der Waals surface area contributed by atoms with Gasteiger partial charge in [0.05, 0.1) is 17.6 Å². The lowest BCUT2D eigenvalue weighted by Crippen LogP contribution is -2.34. The second kappa shape index (κ2) is 5.15. The Balaban J connectivity index is 2.16. The Labute approximate surface area is 119 Å². The number of nitrogens with zero attached hydrogens (tertiary/aromatic N) is 3. The van der Waals surface area contributed by atoms with Crippen molar-refractivity contribution in [2.75, 3.05) is 7.05 Å². The van der Waals surface area contributed by atoms with Gasteiger partial charge in [-0.3, -0.25) is 0 Å². The molecule has 0 aliphatic rings. The van der Waals surface area contributed by atoms with Crippen molar-refractivity contribution in [1.82, 2.24) is 14.5 Å². The van der Waals surface area contributed by atoms with Crippen molar-refractivity contribution in [3.63, 3.8) is 0 Å². The number of ether oxygens (including phenoxy) is 1. The standard InChI is InChI=1S/C15H21N3O2/c1-15(2,3)20-14(19)17(4)10-13-16-11-8-6-7-9-12(11)18(13)5/h6-9H,10H2,1-5H3. The highest BCUT2D eigenvalue weighted by molar-refractivity contribution is 5.76. The average molecular weight is 275 g/mol. The first-order valence-electron chi connectivity index (χ1n) is 6.62. The predicted molar refractivity (Wildman–Crippen MR) is 78.4 cm³/mol. The third-order valence-corrected chi connectivity index (χ3v) is 2.96. The molecule has 0 bridgehead atoms. The Morgan fingerprint density at radius 1 is 1.35 bits per heavy atom. The van der Waals surface area contributed by atoms with Gasteiger partial charge in [0, 0.05) is 14.1 Å². The van der Waals surface area contributed by atoms with E-state index in [-0.39, 0.29) is 6.09 Å². The van der Waals surface area contributed by atoms with Crippen molar-refractivity contribution >= 4 is 17.1 Å².